The number of aromatic nitrogens is 1. The van der Waals surface area contributed by atoms with Gasteiger partial charge in [0.1, 0.15) is 5.01 Å². The number of hydrogen-bond acceptors (Lipinski definition) is 3. The van der Waals surface area contributed by atoms with Gasteiger partial charge in [-0.1, -0.05) is 24.3 Å². The van der Waals surface area contributed by atoms with Gasteiger partial charge in [0.2, 0.25) is 0 Å². The number of halogens is 1. The molecule has 6 rings (SSSR count). The molecule has 4 aliphatic carbocycles. The van der Waals surface area contributed by atoms with Gasteiger partial charge in [0, 0.05) is 17.5 Å². The Kier molecular flexibility index (Phi) is 4.34. The second kappa shape index (κ2) is 6.22. The first kappa shape index (κ1) is 16.7. The zero-order valence-corrected chi connectivity index (χ0v) is 16.4. The first-order valence-corrected chi connectivity index (χ1v) is 9.87. The minimum atomic E-state index is 0. The number of thiazole rings is 1. The number of nitrogens with zero attached hydrogens (tertiary/aromatic N) is 1. The van der Waals surface area contributed by atoms with Crippen LogP contribution in [0.5, 0.6) is 0 Å². The fourth-order valence-corrected chi connectivity index (χ4v) is 6.68. The number of benzene rings is 1. The van der Waals surface area contributed by atoms with Crippen LogP contribution in [0.3, 0.4) is 0 Å². The molecule has 1 aromatic carbocycles. The maximum absolute atomic E-state index is 5.68. The Morgan fingerprint density at radius 3 is 2.08 bits per heavy atom. The first-order valence-electron chi connectivity index (χ1n) is 8.99. The third kappa shape index (κ3) is 2.67. The molecule has 0 saturated heterocycles. The number of nitrogens with two attached hydrogens (primary N) is 1. The van der Waals surface area contributed by atoms with E-state index in [4.69, 9.17) is 5.73 Å². The van der Waals surface area contributed by atoms with Crippen molar-refractivity contribution in [3.8, 4) is 11.3 Å². The molecule has 2 N–H and O–H groups in total. The molecule has 128 valence electrons. The molecular weight excluding hydrogens is 380 g/mol. The molecule has 0 radical (unpaired) electrons. The van der Waals surface area contributed by atoms with Crippen LogP contribution in [0.1, 0.15) is 49.1 Å². The molecular formula is C20H25BrN2S. The quantitative estimate of drug-likeness (QED) is 0.751. The molecule has 4 bridgehead atoms. The lowest BCUT2D eigenvalue weighted by molar-refractivity contribution is -0.00518. The predicted octanol–water partition coefficient (Wildman–Crippen LogP) is 5.31. The smallest absolute Gasteiger partial charge is 0.107 e. The van der Waals surface area contributed by atoms with Crippen molar-refractivity contribution in [1.29, 1.82) is 0 Å². The van der Waals surface area contributed by atoms with Crippen molar-refractivity contribution in [2.45, 2.75) is 50.5 Å². The van der Waals surface area contributed by atoms with Gasteiger partial charge < -0.3 is 5.73 Å². The molecule has 4 heteroatoms. The van der Waals surface area contributed by atoms with E-state index < -0.39 is 0 Å². The highest BCUT2D eigenvalue weighted by Crippen LogP contribution is 2.60. The van der Waals surface area contributed by atoms with E-state index in [0.29, 0.717) is 12.0 Å². The van der Waals surface area contributed by atoms with E-state index in [1.54, 1.807) is 16.9 Å². The standard InChI is InChI=1S/C20H24N2S.BrH/c21-11-19-22-18(12-23-19)16-1-3-17(4-2-16)20-8-13-5-14(9-20)7-15(6-13)10-20;/h1-4,12-15H,5-11,21H2;1H. The second-order valence-corrected chi connectivity index (χ2v) is 9.05. The molecule has 2 aromatic rings. The molecule has 4 saturated carbocycles. The van der Waals surface area contributed by atoms with Gasteiger partial charge in [-0.15, -0.1) is 28.3 Å². The maximum Gasteiger partial charge on any atom is 0.107 e. The second-order valence-electron chi connectivity index (χ2n) is 8.11. The predicted molar refractivity (Wildman–Crippen MR) is 106 cm³/mol. The van der Waals surface area contributed by atoms with Crippen LogP contribution in [0.15, 0.2) is 29.6 Å². The van der Waals surface area contributed by atoms with Gasteiger partial charge in [-0.2, -0.15) is 0 Å². The summed E-state index contributed by atoms with van der Waals surface area (Å²) in [7, 11) is 0. The molecule has 1 aromatic heterocycles. The number of rotatable bonds is 3. The Morgan fingerprint density at radius 1 is 1.00 bits per heavy atom. The molecule has 4 fully saturated rings. The van der Waals surface area contributed by atoms with Crippen molar-refractivity contribution in [2.75, 3.05) is 0 Å². The minimum absolute atomic E-state index is 0. The van der Waals surface area contributed by atoms with Gasteiger partial charge in [0.25, 0.3) is 0 Å². The summed E-state index contributed by atoms with van der Waals surface area (Å²) in [5.41, 5.74) is 10.1. The molecule has 0 amide bonds. The van der Waals surface area contributed by atoms with Gasteiger partial charge in [-0.05, 0) is 67.3 Å². The fourth-order valence-electron chi connectivity index (χ4n) is 6.00. The summed E-state index contributed by atoms with van der Waals surface area (Å²) < 4.78 is 0. The van der Waals surface area contributed by atoms with Crippen molar-refractivity contribution in [1.82, 2.24) is 4.98 Å². The highest BCUT2D eigenvalue weighted by Gasteiger charge is 2.51. The Hall–Kier alpha value is -0.710. The highest BCUT2D eigenvalue weighted by molar-refractivity contribution is 8.93. The van der Waals surface area contributed by atoms with E-state index in [0.717, 1.165) is 28.5 Å². The zero-order valence-electron chi connectivity index (χ0n) is 13.9. The summed E-state index contributed by atoms with van der Waals surface area (Å²) in [6.07, 6.45) is 8.85. The Labute approximate surface area is 158 Å². The third-order valence-corrected chi connectivity index (χ3v) is 7.43. The van der Waals surface area contributed by atoms with E-state index in [-0.39, 0.29) is 17.0 Å². The van der Waals surface area contributed by atoms with E-state index in [1.807, 2.05) is 0 Å². The first-order chi connectivity index (χ1) is 11.2. The van der Waals surface area contributed by atoms with Crippen molar-refractivity contribution in [3.05, 3.63) is 40.2 Å². The zero-order chi connectivity index (χ0) is 15.4. The molecule has 0 spiro atoms. The SMILES string of the molecule is Br.NCc1nc(-c2ccc(C34CC5CC(CC(C5)C3)C4)cc2)cs1. The van der Waals surface area contributed by atoms with Gasteiger partial charge in [0.15, 0.2) is 0 Å². The molecule has 1 heterocycles. The Morgan fingerprint density at radius 2 is 1.58 bits per heavy atom. The van der Waals surface area contributed by atoms with Crippen molar-refractivity contribution >= 4 is 28.3 Å². The fraction of sp³-hybridized carbons (Fsp3) is 0.550. The lowest BCUT2D eigenvalue weighted by atomic mass is 9.48. The lowest BCUT2D eigenvalue weighted by Crippen LogP contribution is -2.48. The molecule has 2 nitrogen and oxygen atoms in total. The van der Waals surface area contributed by atoms with Crippen LogP contribution < -0.4 is 5.73 Å². The Balaban J connectivity index is 0.00000146. The third-order valence-electron chi connectivity index (χ3n) is 6.56. The normalized spacial score (nSPS) is 33.5. The summed E-state index contributed by atoms with van der Waals surface area (Å²) in [5, 5.41) is 3.15. The van der Waals surface area contributed by atoms with E-state index >= 15 is 0 Å². The summed E-state index contributed by atoms with van der Waals surface area (Å²) >= 11 is 1.66. The highest BCUT2D eigenvalue weighted by atomic mass is 79.9. The van der Waals surface area contributed by atoms with Crippen LogP contribution in [-0.2, 0) is 12.0 Å². The van der Waals surface area contributed by atoms with Gasteiger partial charge in [-0.3, -0.25) is 0 Å². The van der Waals surface area contributed by atoms with Crippen molar-refractivity contribution < 1.29 is 0 Å². The molecule has 0 atom stereocenters. The van der Waals surface area contributed by atoms with Crippen LogP contribution in [0.4, 0.5) is 0 Å². The number of hydrogen-bond donors (Lipinski definition) is 1. The van der Waals surface area contributed by atoms with Crippen LogP contribution in [-0.4, -0.2) is 4.98 Å². The van der Waals surface area contributed by atoms with Gasteiger partial charge in [0.05, 0.1) is 5.69 Å². The van der Waals surface area contributed by atoms with E-state index in [9.17, 15) is 0 Å². The van der Waals surface area contributed by atoms with E-state index in [2.05, 4.69) is 34.6 Å². The molecule has 4 aliphatic rings. The summed E-state index contributed by atoms with van der Waals surface area (Å²) in [4.78, 5) is 4.61. The average Bonchev–Trinajstić information content (AvgIpc) is 3.03. The molecule has 24 heavy (non-hydrogen) atoms. The monoisotopic (exact) mass is 404 g/mol. The lowest BCUT2D eigenvalue weighted by Gasteiger charge is -2.57. The van der Waals surface area contributed by atoms with Gasteiger partial charge in [-0.25, -0.2) is 4.98 Å². The molecule has 0 unspecified atom stereocenters. The summed E-state index contributed by atoms with van der Waals surface area (Å²) in [6, 6.07) is 9.35. The summed E-state index contributed by atoms with van der Waals surface area (Å²) in [5.74, 6) is 3.02. The van der Waals surface area contributed by atoms with Crippen LogP contribution in [0.25, 0.3) is 11.3 Å². The van der Waals surface area contributed by atoms with Crippen LogP contribution in [0.2, 0.25) is 0 Å². The van der Waals surface area contributed by atoms with Crippen molar-refractivity contribution in [2.24, 2.45) is 23.5 Å². The van der Waals surface area contributed by atoms with E-state index in [1.165, 1.54) is 44.1 Å². The van der Waals surface area contributed by atoms with Gasteiger partial charge >= 0.3 is 0 Å². The Bertz CT molecular complexity index is 686. The topological polar surface area (TPSA) is 38.9 Å². The molecule has 0 aliphatic heterocycles. The van der Waals surface area contributed by atoms with Crippen LogP contribution >= 0.6 is 28.3 Å². The average molecular weight is 405 g/mol. The minimum Gasteiger partial charge on any atom is -0.325 e. The maximum atomic E-state index is 5.68. The largest absolute Gasteiger partial charge is 0.325 e. The van der Waals surface area contributed by atoms with Crippen molar-refractivity contribution in [3.63, 3.8) is 0 Å². The summed E-state index contributed by atoms with van der Waals surface area (Å²) in [6.45, 7) is 0.538. The van der Waals surface area contributed by atoms with Crippen LogP contribution in [0, 0.1) is 17.8 Å².